The number of anilines is 1. The van der Waals surface area contributed by atoms with E-state index in [-0.39, 0.29) is 12.2 Å². The SMILES string of the molecule is COc1cccc(Cn2cc(NC(=O)Cn3nc(C)cc3C(F)F)cn2)c1. The summed E-state index contributed by atoms with van der Waals surface area (Å²) in [7, 11) is 1.60. The molecule has 27 heavy (non-hydrogen) atoms. The summed E-state index contributed by atoms with van der Waals surface area (Å²) >= 11 is 0. The van der Waals surface area contributed by atoms with E-state index >= 15 is 0 Å². The minimum Gasteiger partial charge on any atom is -0.497 e. The van der Waals surface area contributed by atoms with Crippen LogP contribution >= 0.6 is 0 Å². The minimum absolute atomic E-state index is 0.281. The number of aryl methyl sites for hydroxylation is 1. The van der Waals surface area contributed by atoms with Crippen molar-refractivity contribution in [1.82, 2.24) is 19.6 Å². The number of alkyl halides is 2. The normalized spacial score (nSPS) is 11.0. The van der Waals surface area contributed by atoms with Crippen molar-refractivity contribution in [2.45, 2.75) is 26.4 Å². The lowest BCUT2D eigenvalue weighted by Gasteiger charge is -2.07. The molecule has 0 bridgehead atoms. The summed E-state index contributed by atoms with van der Waals surface area (Å²) in [5, 5.41) is 10.8. The first-order chi connectivity index (χ1) is 12.9. The van der Waals surface area contributed by atoms with Crippen LogP contribution in [0.4, 0.5) is 14.5 Å². The molecule has 1 amide bonds. The molecule has 2 aromatic heterocycles. The van der Waals surface area contributed by atoms with Gasteiger partial charge in [-0.05, 0) is 30.7 Å². The van der Waals surface area contributed by atoms with Gasteiger partial charge in [-0.2, -0.15) is 10.2 Å². The fourth-order valence-corrected chi connectivity index (χ4v) is 2.68. The van der Waals surface area contributed by atoms with Crippen molar-refractivity contribution in [1.29, 1.82) is 0 Å². The van der Waals surface area contributed by atoms with Crippen LogP contribution in [0.3, 0.4) is 0 Å². The van der Waals surface area contributed by atoms with Crippen LogP contribution in [-0.4, -0.2) is 32.6 Å². The summed E-state index contributed by atoms with van der Waals surface area (Å²) in [6.45, 7) is 1.80. The summed E-state index contributed by atoms with van der Waals surface area (Å²) in [6, 6.07) is 8.83. The number of hydrogen-bond acceptors (Lipinski definition) is 4. The molecule has 0 aliphatic heterocycles. The van der Waals surface area contributed by atoms with Crippen molar-refractivity contribution in [3.05, 3.63) is 59.7 Å². The van der Waals surface area contributed by atoms with E-state index in [1.807, 2.05) is 24.3 Å². The van der Waals surface area contributed by atoms with Crippen LogP contribution in [0.5, 0.6) is 5.75 Å². The highest BCUT2D eigenvalue weighted by atomic mass is 19.3. The Bertz CT molecular complexity index is 935. The van der Waals surface area contributed by atoms with Gasteiger partial charge in [-0.3, -0.25) is 14.2 Å². The Hall–Kier alpha value is -3.23. The number of methoxy groups -OCH3 is 1. The van der Waals surface area contributed by atoms with Crippen LogP contribution in [-0.2, 0) is 17.9 Å². The zero-order valence-corrected chi connectivity index (χ0v) is 14.9. The van der Waals surface area contributed by atoms with Crippen molar-refractivity contribution in [2.24, 2.45) is 0 Å². The number of carbonyl (C=O) groups excluding carboxylic acids is 1. The number of carbonyl (C=O) groups is 1. The average molecular weight is 375 g/mol. The smallest absolute Gasteiger partial charge is 0.280 e. The summed E-state index contributed by atoms with van der Waals surface area (Å²) in [4.78, 5) is 12.1. The number of nitrogens with zero attached hydrogens (tertiary/aromatic N) is 4. The molecular weight excluding hydrogens is 356 g/mol. The highest BCUT2D eigenvalue weighted by Gasteiger charge is 2.17. The molecule has 7 nitrogen and oxygen atoms in total. The van der Waals surface area contributed by atoms with Gasteiger partial charge in [-0.25, -0.2) is 8.78 Å². The highest BCUT2D eigenvalue weighted by molar-refractivity contribution is 5.90. The molecule has 0 aliphatic rings. The number of aromatic nitrogens is 4. The van der Waals surface area contributed by atoms with E-state index in [1.54, 1.807) is 24.9 Å². The van der Waals surface area contributed by atoms with E-state index in [0.29, 0.717) is 17.9 Å². The molecule has 2 heterocycles. The molecule has 0 unspecified atom stereocenters. The molecular formula is C18H19F2N5O2. The second-order valence-electron chi connectivity index (χ2n) is 6.00. The number of rotatable bonds is 7. The highest BCUT2D eigenvalue weighted by Crippen LogP contribution is 2.20. The second-order valence-corrected chi connectivity index (χ2v) is 6.00. The van der Waals surface area contributed by atoms with Crippen LogP contribution in [0.2, 0.25) is 0 Å². The summed E-state index contributed by atoms with van der Waals surface area (Å²) in [5.74, 6) is 0.290. The van der Waals surface area contributed by atoms with E-state index in [2.05, 4.69) is 15.5 Å². The molecule has 0 saturated heterocycles. The third kappa shape index (κ3) is 4.69. The number of halogens is 2. The van der Waals surface area contributed by atoms with Crippen LogP contribution < -0.4 is 10.1 Å². The Morgan fingerprint density at radius 2 is 2.15 bits per heavy atom. The number of nitrogens with one attached hydrogen (secondary N) is 1. The lowest BCUT2D eigenvalue weighted by Crippen LogP contribution is -2.21. The maximum Gasteiger partial charge on any atom is 0.280 e. The molecule has 3 aromatic rings. The first kappa shape index (κ1) is 18.6. The molecule has 142 valence electrons. The van der Waals surface area contributed by atoms with E-state index in [4.69, 9.17) is 4.74 Å². The van der Waals surface area contributed by atoms with Crippen LogP contribution in [0.25, 0.3) is 0 Å². The summed E-state index contributed by atoms with van der Waals surface area (Å²) in [5.41, 5.74) is 1.62. The second kappa shape index (κ2) is 7.98. The van der Waals surface area contributed by atoms with Gasteiger partial charge < -0.3 is 10.1 Å². The Morgan fingerprint density at radius 3 is 2.89 bits per heavy atom. The Morgan fingerprint density at radius 1 is 1.33 bits per heavy atom. The Labute approximate surface area is 154 Å². The first-order valence-corrected chi connectivity index (χ1v) is 8.22. The van der Waals surface area contributed by atoms with Gasteiger partial charge in [-0.15, -0.1) is 0 Å². The lowest BCUT2D eigenvalue weighted by atomic mass is 10.2. The van der Waals surface area contributed by atoms with E-state index in [0.717, 1.165) is 16.0 Å². The van der Waals surface area contributed by atoms with E-state index < -0.39 is 12.3 Å². The topological polar surface area (TPSA) is 74.0 Å². The number of amides is 1. The fourth-order valence-electron chi connectivity index (χ4n) is 2.68. The van der Waals surface area contributed by atoms with Crippen LogP contribution in [0.15, 0.2) is 42.7 Å². The van der Waals surface area contributed by atoms with Crippen molar-refractivity contribution >= 4 is 11.6 Å². The van der Waals surface area contributed by atoms with Crippen LogP contribution in [0.1, 0.15) is 23.4 Å². The van der Waals surface area contributed by atoms with Crippen LogP contribution in [0, 0.1) is 6.92 Å². The predicted octanol–water partition coefficient (Wildman–Crippen LogP) is 3.02. The maximum atomic E-state index is 13.0. The van der Waals surface area contributed by atoms with Gasteiger partial charge in [0.05, 0.1) is 31.2 Å². The average Bonchev–Trinajstić information content (AvgIpc) is 3.21. The van der Waals surface area contributed by atoms with E-state index in [1.165, 1.54) is 12.3 Å². The van der Waals surface area contributed by atoms with Gasteiger partial charge in [0, 0.05) is 6.20 Å². The van der Waals surface area contributed by atoms with Crippen molar-refractivity contribution in [3.63, 3.8) is 0 Å². The molecule has 0 saturated carbocycles. The number of ether oxygens (including phenoxy) is 1. The monoisotopic (exact) mass is 375 g/mol. The standard InChI is InChI=1S/C18H19F2N5O2/c1-12-6-16(18(19)20)25(23-12)11-17(26)22-14-8-21-24(10-14)9-13-4-3-5-15(7-13)27-2/h3-8,10,18H,9,11H2,1-2H3,(H,22,26). The van der Waals surface area contributed by atoms with Gasteiger partial charge in [0.25, 0.3) is 6.43 Å². The van der Waals surface area contributed by atoms with Gasteiger partial charge in [0.1, 0.15) is 18.0 Å². The minimum atomic E-state index is -2.69. The summed E-state index contributed by atoms with van der Waals surface area (Å²) < 4.78 is 33.8. The largest absolute Gasteiger partial charge is 0.497 e. The van der Waals surface area contributed by atoms with E-state index in [9.17, 15) is 13.6 Å². The van der Waals surface area contributed by atoms with Gasteiger partial charge >= 0.3 is 0 Å². The Balaban J connectivity index is 1.62. The molecule has 0 fully saturated rings. The van der Waals surface area contributed by atoms with Gasteiger partial charge in [-0.1, -0.05) is 12.1 Å². The quantitative estimate of drug-likeness (QED) is 0.689. The molecule has 1 aromatic carbocycles. The lowest BCUT2D eigenvalue weighted by molar-refractivity contribution is -0.117. The van der Waals surface area contributed by atoms with Gasteiger partial charge in [0.15, 0.2) is 0 Å². The molecule has 1 N–H and O–H groups in total. The first-order valence-electron chi connectivity index (χ1n) is 8.22. The molecule has 0 radical (unpaired) electrons. The van der Waals surface area contributed by atoms with Crippen molar-refractivity contribution < 1.29 is 18.3 Å². The molecule has 9 heteroatoms. The molecule has 0 spiro atoms. The molecule has 0 atom stereocenters. The Kier molecular flexibility index (Phi) is 5.49. The van der Waals surface area contributed by atoms with Crippen molar-refractivity contribution in [2.75, 3.05) is 12.4 Å². The summed E-state index contributed by atoms with van der Waals surface area (Å²) in [6.07, 6.45) is 0.477. The van der Waals surface area contributed by atoms with Crippen molar-refractivity contribution in [3.8, 4) is 5.75 Å². The number of hydrogen-bond donors (Lipinski definition) is 1. The number of benzene rings is 1. The zero-order chi connectivity index (χ0) is 19.4. The fraction of sp³-hybridized carbons (Fsp3) is 0.278. The van der Waals surface area contributed by atoms with Gasteiger partial charge in [0.2, 0.25) is 5.91 Å². The zero-order valence-electron chi connectivity index (χ0n) is 14.9. The third-order valence-electron chi connectivity index (χ3n) is 3.85. The third-order valence-corrected chi connectivity index (χ3v) is 3.85. The maximum absolute atomic E-state index is 13.0. The predicted molar refractivity (Wildman–Crippen MR) is 94.9 cm³/mol. The molecule has 3 rings (SSSR count). The molecule has 0 aliphatic carbocycles.